The molecular weight excluding hydrogens is 320 g/mol. The van der Waals surface area contributed by atoms with E-state index in [-0.39, 0.29) is 30.3 Å². The summed E-state index contributed by atoms with van der Waals surface area (Å²) in [5.74, 6) is 0.0931. The van der Waals surface area contributed by atoms with E-state index >= 15 is 0 Å². The summed E-state index contributed by atoms with van der Waals surface area (Å²) in [5, 5.41) is 2.76. The lowest BCUT2D eigenvalue weighted by molar-refractivity contribution is -0.149. The van der Waals surface area contributed by atoms with Crippen molar-refractivity contribution in [2.45, 2.75) is 72.3 Å². The first kappa shape index (κ1) is 21.6. The number of rotatable bonds is 10. The van der Waals surface area contributed by atoms with Crippen LogP contribution in [0.5, 0.6) is 0 Å². The number of esters is 1. The lowest BCUT2D eigenvalue weighted by Gasteiger charge is -2.29. The van der Waals surface area contributed by atoms with Gasteiger partial charge in [0.25, 0.3) is 0 Å². The van der Waals surface area contributed by atoms with E-state index in [1.165, 1.54) is 6.92 Å². The number of carbonyl (C=O) groups is 2. The molecule has 0 bridgehead atoms. The summed E-state index contributed by atoms with van der Waals surface area (Å²) in [6.07, 6.45) is 6.45. The molecule has 1 fully saturated rings. The normalized spacial score (nSPS) is 23.6. The zero-order valence-electron chi connectivity index (χ0n) is 16.3. The highest BCUT2D eigenvalue weighted by Crippen LogP contribution is 2.26. The zero-order chi connectivity index (χ0) is 18.8. The number of hydrogen-bond donors (Lipinski definition) is 1. The van der Waals surface area contributed by atoms with Gasteiger partial charge in [0.1, 0.15) is 12.3 Å². The Morgan fingerprint density at radius 2 is 2.08 bits per heavy atom. The number of allylic oxidation sites excluding steroid dienone is 1. The maximum Gasteiger partial charge on any atom is 0.323 e. The molecule has 1 N–H and O–H groups in total. The molecule has 0 aromatic rings. The van der Waals surface area contributed by atoms with Gasteiger partial charge in [-0.2, -0.15) is 0 Å². The Morgan fingerprint density at radius 3 is 2.64 bits per heavy atom. The fourth-order valence-electron chi connectivity index (χ4n) is 3.43. The van der Waals surface area contributed by atoms with Gasteiger partial charge in [0.05, 0.1) is 12.7 Å². The molecule has 6 heteroatoms. The minimum atomic E-state index is -0.343. The minimum Gasteiger partial charge on any atom is -0.465 e. The lowest BCUT2D eigenvalue weighted by atomic mass is 10.1. The number of ether oxygens (including phenoxy) is 2. The van der Waals surface area contributed by atoms with Gasteiger partial charge >= 0.3 is 5.97 Å². The molecule has 1 aliphatic heterocycles. The Kier molecular flexibility index (Phi) is 9.75. The number of likely N-dealkylation sites (tertiary alicyclic amines) is 1. The van der Waals surface area contributed by atoms with E-state index in [9.17, 15) is 9.59 Å². The van der Waals surface area contributed by atoms with E-state index in [4.69, 9.17) is 9.47 Å². The van der Waals surface area contributed by atoms with Gasteiger partial charge in [-0.05, 0) is 39.5 Å². The molecule has 144 valence electrons. The molecule has 0 aliphatic carbocycles. The van der Waals surface area contributed by atoms with Crippen LogP contribution in [0.4, 0.5) is 0 Å². The van der Waals surface area contributed by atoms with Crippen molar-refractivity contribution in [1.82, 2.24) is 10.2 Å². The van der Waals surface area contributed by atoms with E-state index in [2.05, 4.69) is 23.2 Å². The molecule has 1 saturated heterocycles. The predicted octanol–water partition coefficient (Wildman–Crippen LogP) is 2.48. The SMILES string of the molecule is C/C=C\C1CC(C(=O)OCC)N(CC(CCC)OC(C)NC(C)=O)C1. The number of amides is 1. The predicted molar refractivity (Wildman–Crippen MR) is 98.0 cm³/mol. The van der Waals surface area contributed by atoms with Gasteiger partial charge < -0.3 is 14.8 Å². The van der Waals surface area contributed by atoms with E-state index in [0.29, 0.717) is 19.1 Å². The summed E-state index contributed by atoms with van der Waals surface area (Å²) in [4.78, 5) is 25.7. The van der Waals surface area contributed by atoms with Gasteiger partial charge in [-0.3, -0.25) is 14.5 Å². The second kappa shape index (κ2) is 11.3. The van der Waals surface area contributed by atoms with Gasteiger partial charge in [0.2, 0.25) is 5.91 Å². The third-order valence-corrected chi connectivity index (χ3v) is 4.31. The number of carbonyl (C=O) groups excluding carboxylic acids is 2. The molecule has 0 aromatic carbocycles. The average Bonchev–Trinajstić information content (AvgIpc) is 2.90. The van der Waals surface area contributed by atoms with Gasteiger partial charge in [-0.1, -0.05) is 25.5 Å². The lowest BCUT2D eigenvalue weighted by Crippen LogP contribution is -2.44. The first-order valence-electron chi connectivity index (χ1n) is 9.37. The van der Waals surface area contributed by atoms with Gasteiger partial charge in [-0.15, -0.1) is 0 Å². The standard InChI is InChI=1S/C19H34N2O4/c1-6-9-16-11-18(19(23)24-8-3)21(12-16)13-17(10-7-2)25-15(5)20-14(4)22/h6,9,15-18H,7-8,10-13H2,1-5H3,(H,20,22)/b9-6-. The van der Waals surface area contributed by atoms with E-state index in [1.54, 1.807) is 0 Å². The summed E-state index contributed by atoms with van der Waals surface area (Å²) < 4.78 is 11.3. The summed E-state index contributed by atoms with van der Waals surface area (Å²) in [7, 11) is 0. The summed E-state index contributed by atoms with van der Waals surface area (Å²) in [6, 6.07) is -0.222. The van der Waals surface area contributed by atoms with Crippen molar-refractivity contribution in [3.05, 3.63) is 12.2 Å². The molecule has 1 rings (SSSR count). The van der Waals surface area contributed by atoms with Crippen molar-refractivity contribution >= 4 is 11.9 Å². The van der Waals surface area contributed by atoms with E-state index in [1.807, 2.05) is 26.8 Å². The Bertz CT molecular complexity index is 453. The van der Waals surface area contributed by atoms with Crippen LogP contribution < -0.4 is 5.32 Å². The van der Waals surface area contributed by atoms with Crippen molar-refractivity contribution in [1.29, 1.82) is 0 Å². The molecule has 0 aromatic heterocycles. The van der Waals surface area contributed by atoms with Crippen molar-refractivity contribution in [2.24, 2.45) is 5.92 Å². The van der Waals surface area contributed by atoms with Gasteiger partial charge in [0.15, 0.2) is 0 Å². The smallest absolute Gasteiger partial charge is 0.323 e. The van der Waals surface area contributed by atoms with Crippen LogP contribution in [-0.2, 0) is 19.1 Å². The van der Waals surface area contributed by atoms with Crippen LogP contribution in [0.15, 0.2) is 12.2 Å². The van der Waals surface area contributed by atoms with Crippen LogP contribution in [0.2, 0.25) is 0 Å². The Morgan fingerprint density at radius 1 is 1.36 bits per heavy atom. The average molecular weight is 354 g/mol. The first-order valence-corrected chi connectivity index (χ1v) is 9.37. The summed E-state index contributed by atoms with van der Waals surface area (Å²) in [6.45, 7) is 11.1. The largest absolute Gasteiger partial charge is 0.465 e. The molecule has 0 spiro atoms. The molecule has 1 heterocycles. The highest BCUT2D eigenvalue weighted by atomic mass is 16.5. The Balaban J connectivity index is 2.76. The van der Waals surface area contributed by atoms with Crippen LogP contribution in [0, 0.1) is 5.92 Å². The fourth-order valence-corrected chi connectivity index (χ4v) is 3.43. The maximum absolute atomic E-state index is 12.3. The number of nitrogens with zero attached hydrogens (tertiary/aromatic N) is 1. The highest BCUT2D eigenvalue weighted by molar-refractivity contribution is 5.76. The summed E-state index contributed by atoms with van der Waals surface area (Å²) in [5.41, 5.74) is 0. The van der Waals surface area contributed by atoms with Crippen molar-refractivity contribution in [3.8, 4) is 0 Å². The van der Waals surface area contributed by atoms with Gasteiger partial charge in [-0.25, -0.2) is 0 Å². The van der Waals surface area contributed by atoms with Crippen LogP contribution in [0.1, 0.15) is 53.9 Å². The van der Waals surface area contributed by atoms with Crippen LogP contribution in [0.3, 0.4) is 0 Å². The van der Waals surface area contributed by atoms with Crippen molar-refractivity contribution < 1.29 is 19.1 Å². The van der Waals surface area contributed by atoms with Crippen molar-refractivity contribution in [3.63, 3.8) is 0 Å². The summed E-state index contributed by atoms with van der Waals surface area (Å²) >= 11 is 0. The second-order valence-corrected chi connectivity index (χ2v) is 6.63. The van der Waals surface area contributed by atoms with Crippen LogP contribution in [-0.4, -0.2) is 54.8 Å². The third-order valence-electron chi connectivity index (χ3n) is 4.31. The zero-order valence-corrected chi connectivity index (χ0v) is 16.3. The van der Waals surface area contributed by atoms with Gasteiger partial charge in [0, 0.05) is 20.0 Å². The molecule has 4 atom stereocenters. The Labute approximate surface area is 151 Å². The Hall–Kier alpha value is -1.40. The van der Waals surface area contributed by atoms with Crippen LogP contribution in [0.25, 0.3) is 0 Å². The second-order valence-electron chi connectivity index (χ2n) is 6.63. The third kappa shape index (κ3) is 7.57. The molecule has 4 unspecified atom stereocenters. The monoisotopic (exact) mass is 354 g/mol. The number of nitrogens with one attached hydrogen (secondary N) is 1. The topological polar surface area (TPSA) is 67.9 Å². The molecule has 0 radical (unpaired) electrons. The molecule has 25 heavy (non-hydrogen) atoms. The van der Waals surface area contributed by atoms with Crippen LogP contribution >= 0.6 is 0 Å². The molecule has 6 nitrogen and oxygen atoms in total. The minimum absolute atomic E-state index is 0.0341. The molecule has 1 amide bonds. The molecule has 0 saturated carbocycles. The quantitative estimate of drug-likeness (QED) is 0.371. The van der Waals surface area contributed by atoms with Crippen molar-refractivity contribution in [2.75, 3.05) is 19.7 Å². The van der Waals surface area contributed by atoms with E-state index in [0.717, 1.165) is 25.8 Å². The first-order chi connectivity index (χ1) is 11.9. The fraction of sp³-hybridized carbons (Fsp3) is 0.789. The number of hydrogen-bond acceptors (Lipinski definition) is 5. The molecule has 1 aliphatic rings. The molecular formula is C19H34N2O4. The van der Waals surface area contributed by atoms with E-state index < -0.39 is 0 Å². The highest BCUT2D eigenvalue weighted by Gasteiger charge is 2.37. The maximum atomic E-state index is 12.3.